The first-order valence-electron chi connectivity index (χ1n) is 12.7. The van der Waals surface area contributed by atoms with Crippen LogP contribution in [0.25, 0.3) is 0 Å². The van der Waals surface area contributed by atoms with Gasteiger partial charge in [-0.3, -0.25) is 4.79 Å². The number of nitrogens with one attached hydrogen (secondary N) is 1. The highest BCUT2D eigenvalue weighted by Crippen LogP contribution is 2.39. The van der Waals surface area contributed by atoms with Gasteiger partial charge in [0.25, 0.3) is 0 Å². The van der Waals surface area contributed by atoms with Crippen LogP contribution in [-0.4, -0.2) is 93.4 Å². The van der Waals surface area contributed by atoms with Gasteiger partial charge in [0.05, 0.1) is 11.4 Å². The predicted octanol–water partition coefficient (Wildman–Crippen LogP) is 3.68. The molecule has 0 radical (unpaired) electrons. The molecule has 1 aromatic carbocycles. The van der Waals surface area contributed by atoms with Gasteiger partial charge >= 0.3 is 6.09 Å². The molecule has 9 heteroatoms. The SMILES string of the molecule is CC.CN1CC2(C1)CN(CCN1CC[C@H](NC(=O)OC(C)(C)C)C(=O)N(C)c3ccc(Cl)cc31)C2. The molecule has 1 aromatic rings. The summed E-state index contributed by atoms with van der Waals surface area (Å²) in [5.41, 5.74) is 1.62. The van der Waals surface area contributed by atoms with Crippen LogP contribution in [0.4, 0.5) is 16.2 Å². The molecule has 0 bridgehead atoms. The average Bonchev–Trinajstić information content (AvgIpc) is 2.73. The zero-order chi connectivity index (χ0) is 26.0. The molecule has 1 spiro atoms. The Morgan fingerprint density at radius 1 is 1.11 bits per heavy atom. The molecule has 1 N–H and O–H groups in total. The molecule has 0 saturated carbocycles. The van der Waals surface area contributed by atoms with Crippen molar-refractivity contribution in [1.29, 1.82) is 0 Å². The van der Waals surface area contributed by atoms with Gasteiger partial charge in [-0.05, 0) is 52.4 Å². The lowest BCUT2D eigenvalue weighted by Crippen LogP contribution is -2.71. The van der Waals surface area contributed by atoms with Crippen molar-refractivity contribution in [3.8, 4) is 0 Å². The monoisotopic (exact) mass is 507 g/mol. The molecule has 8 nitrogen and oxygen atoms in total. The number of likely N-dealkylation sites (N-methyl/N-ethyl adjacent to an activating group) is 1. The molecule has 4 rings (SSSR count). The van der Waals surface area contributed by atoms with Crippen molar-refractivity contribution >= 4 is 35.0 Å². The van der Waals surface area contributed by atoms with E-state index in [1.165, 1.54) is 13.1 Å². The van der Waals surface area contributed by atoms with Crippen LogP contribution in [0.5, 0.6) is 0 Å². The van der Waals surface area contributed by atoms with Crippen molar-refractivity contribution < 1.29 is 14.3 Å². The summed E-state index contributed by atoms with van der Waals surface area (Å²) in [5.74, 6) is -0.164. The summed E-state index contributed by atoms with van der Waals surface area (Å²) in [6, 6.07) is 4.95. The quantitative estimate of drug-likeness (QED) is 0.670. The Morgan fingerprint density at radius 3 is 2.37 bits per heavy atom. The third kappa shape index (κ3) is 6.60. The van der Waals surface area contributed by atoms with E-state index in [1.807, 2.05) is 46.8 Å². The number of amides is 2. The maximum absolute atomic E-state index is 13.2. The van der Waals surface area contributed by atoms with E-state index in [2.05, 4.69) is 27.1 Å². The molecule has 2 fully saturated rings. The summed E-state index contributed by atoms with van der Waals surface area (Å²) >= 11 is 6.34. The fourth-order valence-corrected chi connectivity index (χ4v) is 5.52. The maximum atomic E-state index is 13.2. The summed E-state index contributed by atoms with van der Waals surface area (Å²) < 4.78 is 5.39. The minimum atomic E-state index is -0.658. The first kappa shape index (κ1) is 27.6. The van der Waals surface area contributed by atoms with Crippen LogP contribution in [0, 0.1) is 5.41 Å². The van der Waals surface area contributed by atoms with E-state index in [4.69, 9.17) is 16.3 Å². The molecular formula is C26H42ClN5O3. The number of ether oxygens (including phenoxy) is 1. The Balaban J connectivity index is 0.00000167. The number of carbonyl (C=O) groups excluding carboxylic acids is 2. The van der Waals surface area contributed by atoms with E-state index in [-0.39, 0.29) is 5.91 Å². The number of rotatable bonds is 4. The van der Waals surface area contributed by atoms with Crippen LogP contribution in [0.3, 0.4) is 0 Å². The lowest BCUT2D eigenvalue weighted by molar-refractivity contribution is -0.120. The number of nitrogens with zero attached hydrogens (tertiary/aromatic N) is 4. The van der Waals surface area contributed by atoms with Crippen molar-refractivity contribution in [1.82, 2.24) is 15.1 Å². The largest absolute Gasteiger partial charge is 0.444 e. The molecular weight excluding hydrogens is 466 g/mol. The fourth-order valence-electron chi connectivity index (χ4n) is 5.35. The molecule has 0 unspecified atom stereocenters. The first-order valence-corrected chi connectivity index (χ1v) is 13.1. The van der Waals surface area contributed by atoms with Crippen molar-refractivity contribution in [2.45, 2.75) is 52.7 Å². The number of likely N-dealkylation sites (tertiary alicyclic amines) is 2. The van der Waals surface area contributed by atoms with Gasteiger partial charge in [-0.15, -0.1) is 0 Å². The lowest BCUT2D eigenvalue weighted by atomic mass is 9.73. The van der Waals surface area contributed by atoms with E-state index in [0.717, 1.165) is 37.6 Å². The number of alkyl carbamates (subject to hydrolysis) is 1. The summed E-state index contributed by atoms with van der Waals surface area (Å²) in [6.07, 6.45) is -0.0858. The van der Waals surface area contributed by atoms with Gasteiger partial charge in [-0.2, -0.15) is 0 Å². The molecule has 0 aromatic heterocycles. The van der Waals surface area contributed by atoms with Gasteiger partial charge in [0.15, 0.2) is 0 Å². The summed E-state index contributed by atoms with van der Waals surface area (Å²) in [7, 11) is 3.92. The third-order valence-electron chi connectivity index (χ3n) is 6.66. The van der Waals surface area contributed by atoms with Gasteiger partial charge in [0.1, 0.15) is 11.6 Å². The van der Waals surface area contributed by atoms with Crippen LogP contribution < -0.4 is 15.1 Å². The van der Waals surface area contributed by atoms with Crippen LogP contribution >= 0.6 is 11.6 Å². The molecule has 2 amide bonds. The zero-order valence-electron chi connectivity index (χ0n) is 22.4. The predicted molar refractivity (Wildman–Crippen MR) is 143 cm³/mol. The van der Waals surface area contributed by atoms with Crippen LogP contribution in [0.15, 0.2) is 18.2 Å². The Bertz CT molecular complexity index is 905. The van der Waals surface area contributed by atoms with Crippen LogP contribution in [0.1, 0.15) is 41.0 Å². The minimum absolute atomic E-state index is 0.164. The fraction of sp³-hybridized carbons (Fsp3) is 0.692. The number of halogens is 1. The van der Waals surface area contributed by atoms with Crippen LogP contribution in [-0.2, 0) is 9.53 Å². The zero-order valence-corrected chi connectivity index (χ0v) is 23.1. The Hall–Kier alpha value is -2.03. The molecule has 3 heterocycles. The smallest absolute Gasteiger partial charge is 0.408 e. The molecule has 35 heavy (non-hydrogen) atoms. The molecule has 196 valence electrons. The standard InChI is InChI=1S/C24H36ClN5O3.C2H6/c1-23(2,3)33-22(32)26-18-8-9-30(11-10-29-15-24(16-29)13-27(4)14-24)20-12-17(25)6-7-19(20)28(5)21(18)31;1-2/h6-7,12,18H,8-11,13-16H2,1-5H3,(H,26,32);1-2H3/t18-;/m0./s1. The highest BCUT2D eigenvalue weighted by molar-refractivity contribution is 6.31. The van der Waals surface area contributed by atoms with E-state index < -0.39 is 17.7 Å². The van der Waals surface area contributed by atoms with E-state index >= 15 is 0 Å². The second-order valence-corrected chi connectivity index (χ2v) is 11.3. The van der Waals surface area contributed by atoms with Crippen molar-refractivity contribution in [2.75, 3.05) is 69.7 Å². The molecule has 3 aliphatic rings. The molecule has 1 atom stereocenters. The van der Waals surface area contributed by atoms with Crippen LogP contribution in [0.2, 0.25) is 5.02 Å². The Morgan fingerprint density at radius 2 is 1.77 bits per heavy atom. The van der Waals surface area contributed by atoms with Gasteiger partial charge < -0.3 is 29.7 Å². The van der Waals surface area contributed by atoms with E-state index in [9.17, 15) is 9.59 Å². The number of hydrogen-bond donors (Lipinski definition) is 1. The first-order chi connectivity index (χ1) is 16.4. The Kier molecular flexibility index (Phi) is 8.60. The van der Waals surface area contributed by atoms with Crippen molar-refractivity contribution in [3.05, 3.63) is 23.2 Å². The lowest BCUT2D eigenvalue weighted by Gasteiger charge is -2.60. The highest BCUT2D eigenvalue weighted by Gasteiger charge is 2.49. The summed E-state index contributed by atoms with van der Waals surface area (Å²) in [6.45, 7) is 16.5. The van der Waals surface area contributed by atoms with Gasteiger partial charge in [0.2, 0.25) is 5.91 Å². The van der Waals surface area contributed by atoms with Gasteiger partial charge in [-0.25, -0.2) is 4.79 Å². The van der Waals surface area contributed by atoms with E-state index in [1.54, 1.807) is 18.0 Å². The average molecular weight is 508 g/mol. The number of carbonyl (C=O) groups is 2. The maximum Gasteiger partial charge on any atom is 0.408 e. The third-order valence-corrected chi connectivity index (χ3v) is 6.90. The number of benzene rings is 1. The van der Waals surface area contributed by atoms with Gasteiger partial charge in [-0.1, -0.05) is 25.4 Å². The summed E-state index contributed by atoms with van der Waals surface area (Å²) in [5, 5.41) is 3.43. The number of hydrogen-bond acceptors (Lipinski definition) is 6. The second kappa shape index (κ2) is 10.9. The minimum Gasteiger partial charge on any atom is -0.444 e. The van der Waals surface area contributed by atoms with Crippen molar-refractivity contribution in [2.24, 2.45) is 5.41 Å². The second-order valence-electron chi connectivity index (χ2n) is 10.9. The molecule has 2 saturated heterocycles. The molecule has 0 aliphatic carbocycles. The van der Waals surface area contributed by atoms with E-state index in [0.29, 0.717) is 23.4 Å². The number of fused-ring (bicyclic) bond motifs is 1. The molecule has 3 aliphatic heterocycles. The summed E-state index contributed by atoms with van der Waals surface area (Å²) in [4.78, 5) is 34.4. The van der Waals surface area contributed by atoms with Crippen molar-refractivity contribution in [3.63, 3.8) is 0 Å². The Labute approximate surface area is 215 Å². The van der Waals surface area contributed by atoms with Gasteiger partial charge in [0, 0.05) is 63.3 Å². The number of anilines is 2. The normalized spacial score (nSPS) is 22.2. The highest BCUT2D eigenvalue weighted by atomic mass is 35.5. The topological polar surface area (TPSA) is 68.4 Å².